The summed E-state index contributed by atoms with van der Waals surface area (Å²) in [5, 5.41) is 0. The Hall–Kier alpha value is -0.850. The minimum absolute atomic E-state index is 0.739. The van der Waals surface area contributed by atoms with E-state index in [9.17, 15) is 4.79 Å². The molecular weight excluding hydrogens is 196 g/mol. The Kier molecular flexibility index (Phi) is 3.98. The summed E-state index contributed by atoms with van der Waals surface area (Å²) in [6.45, 7) is 0. The molecular formula is C15H22O. The fourth-order valence-corrected chi connectivity index (χ4v) is 3.40. The van der Waals surface area contributed by atoms with Crippen molar-refractivity contribution in [3.63, 3.8) is 0 Å². The Morgan fingerprint density at radius 3 is 2.19 bits per heavy atom. The van der Waals surface area contributed by atoms with Crippen LogP contribution in [0.4, 0.5) is 0 Å². The van der Waals surface area contributed by atoms with Crippen molar-refractivity contribution in [1.29, 1.82) is 0 Å². The van der Waals surface area contributed by atoms with Crippen molar-refractivity contribution in [3.05, 3.63) is 24.3 Å². The Bertz CT molecular complexity index is 272. The van der Waals surface area contributed by atoms with Gasteiger partial charge in [-0.3, -0.25) is 4.79 Å². The molecule has 0 saturated heterocycles. The quantitative estimate of drug-likeness (QED) is 0.397. The van der Waals surface area contributed by atoms with Crippen LogP contribution in [0.25, 0.3) is 0 Å². The molecule has 88 valence electrons. The molecule has 0 radical (unpaired) electrons. The molecule has 2 aliphatic carbocycles. The van der Waals surface area contributed by atoms with Crippen LogP contribution < -0.4 is 0 Å². The van der Waals surface area contributed by atoms with Crippen molar-refractivity contribution in [2.75, 3.05) is 0 Å². The molecule has 0 N–H and O–H groups in total. The molecule has 2 saturated carbocycles. The van der Waals surface area contributed by atoms with Crippen LogP contribution in [0, 0.1) is 11.3 Å². The summed E-state index contributed by atoms with van der Waals surface area (Å²) in [7, 11) is 0. The summed E-state index contributed by atoms with van der Waals surface area (Å²) >= 11 is 0. The molecule has 16 heavy (non-hydrogen) atoms. The predicted octanol–water partition coefficient (Wildman–Crippen LogP) is 4.05. The van der Waals surface area contributed by atoms with E-state index < -0.39 is 0 Å². The zero-order valence-corrected chi connectivity index (χ0v) is 10.0. The van der Waals surface area contributed by atoms with Gasteiger partial charge in [0.15, 0.2) is 0 Å². The largest absolute Gasteiger partial charge is 0.299 e. The van der Waals surface area contributed by atoms with Gasteiger partial charge in [-0.05, 0) is 55.9 Å². The van der Waals surface area contributed by atoms with E-state index in [2.05, 4.69) is 6.08 Å². The van der Waals surface area contributed by atoms with Crippen molar-refractivity contribution in [2.24, 2.45) is 11.3 Å². The van der Waals surface area contributed by atoms with Crippen LogP contribution in [0.1, 0.15) is 51.4 Å². The average Bonchev–Trinajstić information content (AvgIpc) is 2.76. The molecule has 0 aromatic heterocycles. The first kappa shape index (κ1) is 11.6. The molecule has 0 atom stereocenters. The van der Waals surface area contributed by atoms with Crippen LogP contribution in [0.3, 0.4) is 0 Å². The average molecular weight is 218 g/mol. The number of aldehydes is 1. The first-order valence-electron chi connectivity index (χ1n) is 6.63. The Morgan fingerprint density at radius 2 is 1.56 bits per heavy atom. The van der Waals surface area contributed by atoms with Crippen LogP contribution in [0.5, 0.6) is 0 Å². The Labute approximate surface area is 98.6 Å². The van der Waals surface area contributed by atoms with Gasteiger partial charge in [-0.2, -0.15) is 0 Å². The highest BCUT2D eigenvalue weighted by Crippen LogP contribution is 2.50. The van der Waals surface area contributed by atoms with Gasteiger partial charge in [-0.25, -0.2) is 0 Å². The van der Waals surface area contributed by atoms with E-state index in [4.69, 9.17) is 0 Å². The molecule has 0 aromatic carbocycles. The lowest BCUT2D eigenvalue weighted by molar-refractivity contribution is -0.104. The van der Waals surface area contributed by atoms with Crippen molar-refractivity contribution in [2.45, 2.75) is 51.4 Å². The van der Waals surface area contributed by atoms with Crippen molar-refractivity contribution >= 4 is 6.29 Å². The number of hydrogen-bond acceptors (Lipinski definition) is 1. The van der Waals surface area contributed by atoms with Gasteiger partial charge in [0.2, 0.25) is 0 Å². The van der Waals surface area contributed by atoms with E-state index >= 15 is 0 Å². The van der Waals surface area contributed by atoms with Gasteiger partial charge in [-0.15, -0.1) is 0 Å². The van der Waals surface area contributed by atoms with Gasteiger partial charge in [0.25, 0.3) is 0 Å². The zero-order valence-electron chi connectivity index (χ0n) is 10.0. The Morgan fingerprint density at radius 1 is 0.875 bits per heavy atom. The third kappa shape index (κ3) is 2.84. The second kappa shape index (κ2) is 5.47. The molecule has 2 fully saturated rings. The molecule has 0 heterocycles. The van der Waals surface area contributed by atoms with Gasteiger partial charge in [0, 0.05) is 0 Å². The van der Waals surface area contributed by atoms with Crippen LogP contribution >= 0.6 is 0 Å². The molecule has 0 aliphatic heterocycles. The molecule has 0 aromatic rings. The van der Waals surface area contributed by atoms with Crippen molar-refractivity contribution in [3.8, 4) is 0 Å². The first-order chi connectivity index (χ1) is 7.85. The second-order valence-corrected chi connectivity index (χ2v) is 5.45. The van der Waals surface area contributed by atoms with E-state index in [1.807, 2.05) is 12.2 Å². The van der Waals surface area contributed by atoms with E-state index in [0.717, 1.165) is 17.6 Å². The predicted molar refractivity (Wildman–Crippen MR) is 67.2 cm³/mol. The summed E-state index contributed by atoms with van der Waals surface area (Å²) in [4.78, 5) is 10.1. The number of rotatable bonds is 3. The molecule has 2 aliphatic rings. The first-order valence-corrected chi connectivity index (χ1v) is 6.63. The molecule has 0 amide bonds. The number of allylic oxidation sites excluding steroid dienone is 4. The second-order valence-electron chi connectivity index (χ2n) is 5.45. The number of hydrogen-bond donors (Lipinski definition) is 0. The van der Waals surface area contributed by atoms with Gasteiger partial charge in [0.05, 0.1) is 0 Å². The van der Waals surface area contributed by atoms with Crippen LogP contribution in [0.15, 0.2) is 24.3 Å². The summed E-state index contributed by atoms with van der Waals surface area (Å²) in [6.07, 6.45) is 20.0. The molecule has 1 nitrogen and oxygen atoms in total. The summed E-state index contributed by atoms with van der Waals surface area (Å²) in [6, 6.07) is 0. The molecule has 2 rings (SSSR count). The lowest BCUT2D eigenvalue weighted by atomic mass is 9.69. The lowest BCUT2D eigenvalue weighted by Gasteiger charge is -2.36. The summed E-state index contributed by atoms with van der Waals surface area (Å²) in [5.41, 5.74) is 0.739. The normalized spacial score (nSPS) is 26.0. The fraction of sp³-hybridized carbons (Fsp3) is 0.667. The molecule has 1 spiro atoms. The SMILES string of the molecule is O=C/C=C/C=C/C1CCC2(CCCC2)CC1. The third-order valence-electron chi connectivity index (χ3n) is 4.44. The fourth-order valence-electron chi connectivity index (χ4n) is 3.40. The van der Waals surface area contributed by atoms with Gasteiger partial charge in [0.1, 0.15) is 6.29 Å². The monoisotopic (exact) mass is 218 g/mol. The maximum atomic E-state index is 10.1. The summed E-state index contributed by atoms with van der Waals surface area (Å²) in [5.74, 6) is 0.752. The minimum Gasteiger partial charge on any atom is -0.299 e. The molecule has 0 unspecified atom stereocenters. The molecule has 0 bridgehead atoms. The van der Waals surface area contributed by atoms with Gasteiger partial charge < -0.3 is 0 Å². The van der Waals surface area contributed by atoms with Crippen LogP contribution in [-0.2, 0) is 4.79 Å². The number of carbonyl (C=O) groups excluding carboxylic acids is 1. The maximum Gasteiger partial charge on any atom is 0.142 e. The van der Waals surface area contributed by atoms with Crippen LogP contribution in [0.2, 0.25) is 0 Å². The van der Waals surface area contributed by atoms with Gasteiger partial charge >= 0.3 is 0 Å². The van der Waals surface area contributed by atoms with Gasteiger partial charge in [-0.1, -0.05) is 31.1 Å². The van der Waals surface area contributed by atoms with E-state index in [0.29, 0.717) is 0 Å². The minimum atomic E-state index is 0.739. The zero-order chi connectivity index (χ0) is 11.3. The Balaban J connectivity index is 1.78. The smallest absolute Gasteiger partial charge is 0.142 e. The third-order valence-corrected chi connectivity index (χ3v) is 4.44. The van der Waals surface area contributed by atoms with E-state index in [1.54, 1.807) is 6.08 Å². The maximum absolute atomic E-state index is 10.1. The lowest BCUT2D eigenvalue weighted by Crippen LogP contribution is -2.23. The standard InChI is InChI=1S/C15H22O/c16-13-5-1-2-6-14-7-11-15(12-8-14)9-3-4-10-15/h1-2,5-6,13-14H,3-4,7-12H2/b5-1+,6-2+. The van der Waals surface area contributed by atoms with Crippen LogP contribution in [-0.4, -0.2) is 6.29 Å². The topological polar surface area (TPSA) is 17.1 Å². The highest BCUT2D eigenvalue weighted by Gasteiger charge is 2.36. The highest BCUT2D eigenvalue weighted by atomic mass is 16.1. The van der Waals surface area contributed by atoms with Crippen molar-refractivity contribution in [1.82, 2.24) is 0 Å². The molecule has 1 heteroatoms. The van der Waals surface area contributed by atoms with Crippen molar-refractivity contribution < 1.29 is 4.79 Å². The number of carbonyl (C=O) groups is 1. The van der Waals surface area contributed by atoms with E-state index in [-0.39, 0.29) is 0 Å². The summed E-state index contributed by atoms with van der Waals surface area (Å²) < 4.78 is 0. The van der Waals surface area contributed by atoms with E-state index in [1.165, 1.54) is 51.4 Å². The highest BCUT2D eigenvalue weighted by molar-refractivity contribution is 5.65.